The number of nitrogens with one attached hydrogen (secondary N) is 1. The van der Waals surface area contributed by atoms with Crippen LogP contribution < -0.4 is 5.32 Å². The Balaban J connectivity index is 2.00. The first kappa shape index (κ1) is 19.4. The normalized spacial score (nSPS) is 11.2. The first-order valence-electron chi connectivity index (χ1n) is 7.69. The van der Waals surface area contributed by atoms with Crippen LogP contribution in [0.5, 0.6) is 0 Å². The van der Waals surface area contributed by atoms with E-state index >= 15 is 0 Å². The molecule has 2 rings (SSSR count). The Hall–Kier alpha value is -2.96. The molecule has 0 aliphatic carbocycles. The quantitative estimate of drug-likeness (QED) is 0.587. The molecule has 26 heavy (non-hydrogen) atoms. The molecule has 136 valence electrons. The third-order valence-corrected chi connectivity index (χ3v) is 5.59. The van der Waals surface area contributed by atoms with Gasteiger partial charge in [-0.3, -0.25) is 10.1 Å². The van der Waals surface area contributed by atoms with Crippen LogP contribution in [0.25, 0.3) is 0 Å². The number of nitro benzene ring substituents is 1. The molecule has 0 unspecified atom stereocenters. The van der Waals surface area contributed by atoms with E-state index in [9.17, 15) is 18.5 Å². The highest BCUT2D eigenvalue weighted by molar-refractivity contribution is 7.89. The summed E-state index contributed by atoms with van der Waals surface area (Å²) in [5.74, 6) is 0. The Morgan fingerprint density at radius 3 is 2.38 bits per heavy atom. The van der Waals surface area contributed by atoms with Crippen molar-refractivity contribution in [3.05, 3.63) is 63.7 Å². The Morgan fingerprint density at radius 1 is 1.19 bits per heavy atom. The van der Waals surface area contributed by atoms with Crippen LogP contribution in [0.2, 0.25) is 0 Å². The lowest BCUT2D eigenvalue weighted by molar-refractivity contribution is -0.385. The van der Waals surface area contributed by atoms with E-state index < -0.39 is 14.9 Å². The fraction of sp³-hybridized carbons (Fsp3) is 0.235. The number of rotatable bonds is 7. The number of benzene rings is 2. The van der Waals surface area contributed by atoms with Crippen LogP contribution in [0.1, 0.15) is 11.1 Å². The predicted molar refractivity (Wildman–Crippen MR) is 97.3 cm³/mol. The molecule has 0 aliphatic rings. The van der Waals surface area contributed by atoms with E-state index in [4.69, 9.17) is 5.26 Å². The van der Waals surface area contributed by atoms with Crippen molar-refractivity contribution in [1.29, 1.82) is 5.26 Å². The lowest BCUT2D eigenvalue weighted by Gasteiger charge is -2.12. The van der Waals surface area contributed by atoms with Crippen molar-refractivity contribution >= 4 is 21.4 Å². The van der Waals surface area contributed by atoms with Gasteiger partial charge in [-0.1, -0.05) is 12.1 Å². The first-order valence-corrected chi connectivity index (χ1v) is 9.13. The summed E-state index contributed by atoms with van der Waals surface area (Å²) in [5, 5.41) is 22.9. The molecule has 0 atom stereocenters. The van der Waals surface area contributed by atoms with Gasteiger partial charge in [-0.25, -0.2) is 12.7 Å². The van der Waals surface area contributed by atoms with E-state index in [0.29, 0.717) is 18.7 Å². The molecule has 0 amide bonds. The van der Waals surface area contributed by atoms with Crippen LogP contribution in [-0.2, 0) is 16.4 Å². The zero-order valence-electron chi connectivity index (χ0n) is 14.3. The average molecular weight is 374 g/mol. The molecule has 0 saturated carbocycles. The molecule has 2 aromatic carbocycles. The minimum atomic E-state index is -3.44. The molecule has 0 spiro atoms. The first-order chi connectivity index (χ1) is 12.3. The van der Waals surface area contributed by atoms with Crippen LogP contribution in [0.15, 0.2) is 47.4 Å². The second kappa shape index (κ2) is 7.95. The van der Waals surface area contributed by atoms with Crippen LogP contribution in [-0.4, -0.2) is 38.3 Å². The third kappa shape index (κ3) is 4.36. The fourth-order valence-electron chi connectivity index (χ4n) is 2.28. The summed E-state index contributed by atoms with van der Waals surface area (Å²) >= 11 is 0. The molecule has 0 aromatic heterocycles. The minimum absolute atomic E-state index is 0.00163. The SMILES string of the molecule is CN(C)S(=O)(=O)c1ccc(CCNc2ccc([N+](=O)[O-])c(C#N)c2)cc1. The van der Waals surface area contributed by atoms with E-state index in [2.05, 4.69) is 5.32 Å². The summed E-state index contributed by atoms with van der Waals surface area (Å²) in [7, 11) is -0.486. The summed E-state index contributed by atoms with van der Waals surface area (Å²) in [5.41, 5.74) is 1.32. The molecule has 0 saturated heterocycles. The van der Waals surface area contributed by atoms with Gasteiger partial charge in [0.05, 0.1) is 9.82 Å². The number of nitriles is 1. The van der Waals surface area contributed by atoms with Crippen molar-refractivity contribution in [2.45, 2.75) is 11.3 Å². The second-order valence-corrected chi connectivity index (χ2v) is 7.86. The smallest absolute Gasteiger partial charge is 0.287 e. The standard InChI is InChI=1S/C17H18N4O4S/c1-20(2)26(24,25)16-6-3-13(4-7-16)9-10-19-15-5-8-17(21(22)23)14(11-15)12-18/h3-8,11,19H,9-10H2,1-2H3. The van der Waals surface area contributed by atoms with Crippen LogP contribution >= 0.6 is 0 Å². The van der Waals surface area contributed by atoms with Gasteiger partial charge in [0.25, 0.3) is 5.69 Å². The average Bonchev–Trinajstić information content (AvgIpc) is 2.61. The number of hydrogen-bond acceptors (Lipinski definition) is 6. The number of sulfonamides is 1. The molecule has 1 N–H and O–H groups in total. The maximum absolute atomic E-state index is 12.0. The Kier molecular flexibility index (Phi) is 5.92. The molecule has 2 aromatic rings. The lowest BCUT2D eigenvalue weighted by atomic mass is 10.1. The van der Waals surface area contributed by atoms with Gasteiger partial charge in [0.1, 0.15) is 11.6 Å². The second-order valence-electron chi connectivity index (χ2n) is 5.71. The van der Waals surface area contributed by atoms with E-state index in [-0.39, 0.29) is 16.1 Å². The van der Waals surface area contributed by atoms with Gasteiger partial charge in [0.15, 0.2) is 0 Å². The fourth-order valence-corrected chi connectivity index (χ4v) is 3.19. The van der Waals surface area contributed by atoms with Crippen molar-refractivity contribution in [2.24, 2.45) is 0 Å². The number of nitrogens with zero attached hydrogens (tertiary/aromatic N) is 3. The minimum Gasteiger partial charge on any atom is -0.385 e. The van der Waals surface area contributed by atoms with E-state index in [1.165, 1.54) is 26.2 Å². The molecule has 0 aliphatic heterocycles. The number of nitro groups is 1. The summed E-state index contributed by atoms with van der Waals surface area (Å²) in [4.78, 5) is 10.5. The van der Waals surface area contributed by atoms with Gasteiger partial charge < -0.3 is 5.32 Å². The molecule has 0 bridgehead atoms. The summed E-state index contributed by atoms with van der Waals surface area (Å²) in [6.45, 7) is 0.530. The van der Waals surface area contributed by atoms with Crippen molar-refractivity contribution < 1.29 is 13.3 Å². The van der Waals surface area contributed by atoms with Crippen molar-refractivity contribution in [3.63, 3.8) is 0 Å². The van der Waals surface area contributed by atoms with Gasteiger partial charge in [-0.05, 0) is 36.2 Å². The zero-order valence-corrected chi connectivity index (χ0v) is 15.2. The zero-order chi connectivity index (χ0) is 19.3. The van der Waals surface area contributed by atoms with Crippen LogP contribution in [0.3, 0.4) is 0 Å². The van der Waals surface area contributed by atoms with E-state index in [0.717, 1.165) is 9.87 Å². The summed E-state index contributed by atoms with van der Waals surface area (Å²) < 4.78 is 25.2. The lowest BCUT2D eigenvalue weighted by Crippen LogP contribution is -2.22. The Morgan fingerprint density at radius 2 is 1.85 bits per heavy atom. The summed E-state index contributed by atoms with van der Waals surface area (Å²) in [6.07, 6.45) is 0.626. The van der Waals surface area contributed by atoms with Gasteiger partial charge >= 0.3 is 0 Å². The van der Waals surface area contributed by atoms with Crippen LogP contribution in [0.4, 0.5) is 11.4 Å². The highest BCUT2D eigenvalue weighted by atomic mass is 32.2. The van der Waals surface area contributed by atoms with E-state index in [1.807, 2.05) is 6.07 Å². The van der Waals surface area contributed by atoms with Crippen LogP contribution in [0, 0.1) is 21.4 Å². The van der Waals surface area contributed by atoms with Crippen molar-refractivity contribution in [2.75, 3.05) is 26.0 Å². The predicted octanol–water partition coefficient (Wildman–Crippen LogP) is 2.37. The third-order valence-electron chi connectivity index (χ3n) is 3.76. The summed E-state index contributed by atoms with van der Waals surface area (Å²) in [6, 6.07) is 12.7. The van der Waals surface area contributed by atoms with E-state index in [1.54, 1.807) is 30.3 Å². The topological polar surface area (TPSA) is 116 Å². The molecule has 8 nitrogen and oxygen atoms in total. The molecule has 0 heterocycles. The molecular formula is C17H18N4O4S. The number of anilines is 1. The van der Waals surface area contributed by atoms with Gasteiger partial charge in [-0.2, -0.15) is 5.26 Å². The highest BCUT2D eigenvalue weighted by Crippen LogP contribution is 2.22. The maximum Gasteiger partial charge on any atom is 0.287 e. The van der Waals surface area contributed by atoms with Crippen molar-refractivity contribution in [1.82, 2.24) is 4.31 Å². The molecule has 9 heteroatoms. The Labute approximate surface area is 151 Å². The largest absolute Gasteiger partial charge is 0.385 e. The van der Waals surface area contributed by atoms with Gasteiger partial charge in [-0.15, -0.1) is 0 Å². The van der Waals surface area contributed by atoms with Gasteiger partial charge in [0.2, 0.25) is 10.0 Å². The number of hydrogen-bond donors (Lipinski definition) is 1. The maximum atomic E-state index is 12.0. The Bertz CT molecular complexity index is 948. The van der Waals surface area contributed by atoms with Gasteiger partial charge in [0, 0.05) is 32.4 Å². The molecule has 0 fully saturated rings. The molecule has 0 radical (unpaired) electrons. The highest BCUT2D eigenvalue weighted by Gasteiger charge is 2.16. The monoisotopic (exact) mass is 374 g/mol. The molecular weight excluding hydrogens is 356 g/mol. The van der Waals surface area contributed by atoms with Crippen molar-refractivity contribution in [3.8, 4) is 6.07 Å².